The van der Waals surface area contributed by atoms with Gasteiger partial charge in [-0.1, -0.05) is 25.9 Å². The summed E-state index contributed by atoms with van der Waals surface area (Å²) >= 11 is 0. The molecule has 0 bridgehead atoms. The molecule has 0 N–H and O–H groups in total. The van der Waals surface area contributed by atoms with Crippen LogP contribution in [0.15, 0.2) is 22.7 Å². The molecular weight excluding hydrogens is 346 g/mol. The third-order valence-electron chi connectivity index (χ3n) is 4.81. The second kappa shape index (κ2) is 7.64. The third kappa shape index (κ3) is 4.63. The summed E-state index contributed by atoms with van der Waals surface area (Å²) in [4.78, 5) is 19.8. The monoisotopic (exact) mass is 373 g/mol. The first kappa shape index (κ1) is 19.3. The molecule has 1 aliphatic heterocycles. The lowest BCUT2D eigenvalue weighted by molar-refractivity contribution is -0.385. The molecule has 2 aromatic rings. The van der Waals surface area contributed by atoms with Crippen LogP contribution in [0.2, 0.25) is 0 Å². The molecule has 1 saturated heterocycles. The first-order chi connectivity index (χ1) is 12.7. The molecular formula is C19H27N5O3. The zero-order chi connectivity index (χ0) is 19.6. The van der Waals surface area contributed by atoms with Gasteiger partial charge in [-0.2, -0.15) is 4.98 Å². The van der Waals surface area contributed by atoms with Crippen molar-refractivity contribution in [1.82, 2.24) is 15.0 Å². The number of hydrogen-bond acceptors (Lipinski definition) is 7. The maximum atomic E-state index is 11.0. The lowest BCUT2D eigenvalue weighted by Crippen LogP contribution is -2.30. The van der Waals surface area contributed by atoms with E-state index in [4.69, 9.17) is 4.52 Å². The first-order valence-electron chi connectivity index (χ1n) is 9.29. The Morgan fingerprint density at radius 3 is 2.63 bits per heavy atom. The van der Waals surface area contributed by atoms with Crippen molar-refractivity contribution in [3.05, 3.63) is 45.6 Å². The van der Waals surface area contributed by atoms with E-state index in [-0.39, 0.29) is 16.0 Å². The van der Waals surface area contributed by atoms with Crippen LogP contribution in [-0.2, 0) is 12.0 Å². The van der Waals surface area contributed by atoms with Gasteiger partial charge < -0.3 is 9.42 Å². The van der Waals surface area contributed by atoms with Gasteiger partial charge in [-0.3, -0.25) is 15.0 Å². The van der Waals surface area contributed by atoms with E-state index in [0.717, 1.165) is 44.1 Å². The summed E-state index contributed by atoms with van der Waals surface area (Å²) in [5, 5.41) is 15.1. The van der Waals surface area contributed by atoms with Crippen molar-refractivity contribution >= 4 is 11.4 Å². The van der Waals surface area contributed by atoms with Crippen molar-refractivity contribution in [2.24, 2.45) is 0 Å². The Morgan fingerprint density at radius 2 is 2.00 bits per heavy atom. The van der Waals surface area contributed by atoms with Crippen molar-refractivity contribution < 1.29 is 9.45 Å². The Bertz CT molecular complexity index is 812. The molecule has 1 aromatic heterocycles. The first-order valence-corrected chi connectivity index (χ1v) is 9.29. The van der Waals surface area contributed by atoms with Gasteiger partial charge in [-0.25, -0.2) is 0 Å². The molecule has 8 heteroatoms. The minimum Gasteiger partial charge on any atom is -0.370 e. The van der Waals surface area contributed by atoms with E-state index in [0.29, 0.717) is 18.0 Å². The fourth-order valence-corrected chi connectivity index (χ4v) is 3.25. The van der Waals surface area contributed by atoms with Gasteiger partial charge in [0.15, 0.2) is 5.82 Å². The van der Waals surface area contributed by atoms with Crippen molar-refractivity contribution in [3.8, 4) is 0 Å². The zero-order valence-electron chi connectivity index (χ0n) is 16.4. The van der Waals surface area contributed by atoms with Crippen LogP contribution in [0, 0.1) is 17.0 Å². The topological polar surface area (TPSA) is 88.5 Å². The van der Waals surface area contributed by atoms with Crippen LogP contribution in [0.1, 0.15) is 44.5 Å². The van der Waals surface area contributed by atoms with Gasteiger partial charge in [0.2, 0.25) is 5.89 Å². The number of anilines is 1. The number of aryl methyl sites for hydroxylation is 1. The molecule has 27 heavy (non-hydrogen) atoms. The Morgan fingerprint density at radius 1 is 1.22 bits per heavy atom. The highest BCUT2D eigenvalue weighted by Gasteiger charge is 2.23. The predicted molar refractivity (Wildman–Crippen MR) is 103 cm³/mol. The summed E-state index contributed by atoms with van der Waals surface area (Å²) in [7, 11) is 0. The van der Waals surface area contributed by atoms with Gasteiger partial charge in [0.1, 0.15) is 0 Å². The van der Waals surface area contributed by atoms with E-state index < -0.39 is 0 Å². The van der Waals surface area contributed by atoms with Crippen LogP contribution < -0.4 is 4.90 Å². The van der Waals surface area contributed by atoms with Crippen LogP contribution in [0.5, 0.6) is 0 Å². The molecule has 0 radical (unpaired) electrons. The smallest absolute Gasteiger partial charge is 0.272 e. The number of rotatable bonds is 4. The van der Waals surface area contributed by atoms with Crippen molar-refractivity contribution in [1.29, 1.82) is 0 Å². The largest absolute Gasteiger partial charge is 0.370 e. The fraction of sp³-hybridized carbons (Fsp3) is 0.579. The number of nitro benzene ring substituents is 1. The lowest BCUT2D eigenvalue weighted by atomic mass is 9.97. The van der Waals surface area contributed by atoms with E-state index in [1.165, 1.54) is 0 Å². The molecule has 0 saturated carbocycles. The van der Waals surface area contributed by atoms with Crippen LogP contribution in [0.3, 0.4) is 0 Å². The van der Waals surface area contributed by atoms with E-state index in [2.05, 4.69) is 40.7 Å². The average molecular weight is 373 g/mol. The Hall–Kier alpha value is -2.48. The maximum absolute atomic E-state index is 11.0. The number of aromatic nitrogens is 2. The van der Waals surface area contributed by atoms with Crippen LogP contribution in [-0.4, -0.2) is 46.1 Å². The highest BCUT2D eigenvalue weighted by molar-refractivity contribution is 5.55. The summed E-state index contributed by atoms with van der Waals surface area (Å²) < 4.78 is 5.38. The highest BCUT2D eigenvalue weighted by atomic mass is 16.6. The number of nitrogens with zero attached hydrogens (tertiary/aromatic N) is 5. The van der Waals surface area contributed by atoms with Gasteiger partial charge in [0, 0.05) is 48.9 Å². The zero-order valence-corrected chi connectivity index (χ0v) is 16.4. The molecule has 3 rings (SSSR count). The van der Waals surface area contributed by atoms with Crippen molar-refractivity contribution in [3.63, 3.8) is 0 Å². The molecule has 0 amide bonds. The molecule has 1 aromatic carbocycles. The second-order valence-electron chi connectivity index (χ2n) is 8.11. The fourth-order valence-electron chi connectivity index (χ4n) is 3.25. The average Bonchev–Trinajstić information content (AvgIpc) is 2.94. The normalized spacial score (nSPS) is 16.4. The summed E-state index contributed by atoms with van der Waals surface area (Å²) in [6.45, 7) is 12.3. The van der Waals surface area contributed by atoms with Gasteiger partial charge in [0.05, 0.1) is 11.5 Å². The SMILES string of the molecule is Cc1cc(N2CCCN(Cc3noc(C(C)(C)C)n3)CC2)ccc1[N+](=O)[O-]. The minimum atomic E-state index is -0.333. The Kier molecular flexibility index (Phi) is 5.46. The molecule has 1 aliphatic rings. The maximum Gasteiger partial charge on any atom is 0.272 e. The van der Waals surface area contributed by atoms with E-state index in [1.54, 1.807) is 13.0 Å². The summed E-state index contributed by atoms with van der Waals surface area (Å²) in [6.07, 6.45) is 1.01. The number of hydrogen-bond donors (Lipinski definition) is 0. The third-order valence-corrected chi connectivity index (χ3v) is 4.81. The summed E-state index contributed by atoms with van der Waals surface area (Å²) in [5.74, 6) is 1.38. The molecule has 8 nitrogen and oxygen atoms in total. The highest BCUT2D eigenvalue weighted by Crippen LogP contribution is 2.25. The van der Waals surface area contributed by atoms with Gasteiger partial charge in [-0.05, 0) is 25.5 Å². The number of nitro groups is 1. The van der Waals surface area contributed by atoms with Crippen LogP contribution in [0.25, 0.3) is 0 Å². The molecule has 2 heterocycles. The van der Waals surface area contributed by atoms with Gasteiger partial charge in [0.25, 0.3) is 5.69 Å². The van der Waals surface area contributed by atoms with E-state index in [9.17, 15) is 10.1 Å². The van der Waals surface area contributed by atoms with Gasteiger partial charge in [-0.15, -0.1) is 0 Å². The predicted octanol–water partition coefficient (Wildman–Crippen LogP) is 3.30. The quantitative estimate of drug-likeness (QED) is 0.600. The van der Waals surface area contributed by atoms with Crippen molar-refractivity contribution in [2.45, 2.75) is 46.1 Å². The number of benzene rings is 1. The lowest BCUT2D eigenvalue weighted by Gasteiger charge is -2.23. The summed E-state index contributed by atoms with van der Waals surface area (Å²) in [6, 6.07) is 5.35. The second-order valence-corrected chi connectivity index (χ2v) is 8.11. The molecule has 1 fully saturated rings. The Labute approximate surface area is 159 Å². The van der Waals surface area contributed by atoms with E-state index in [1.807, 2.05) is 12.1 Å². The van der Waals surface area contributed by atoms with Crippen LogP contribution in [0.4, 0.5) is 11.4 Å². The van der Waals surface area contributed by atoms with Crippen LogP contribution >= 0.6 is 0 Å². The van der Waals surface area contributed by atoms with Gasteiger partial charge >= 0.3 is 0 Å². The van der Waals surface area contributed by atoms with E-state index >= 15 is 0 Å². The molecule has 0 aliphatic carbocycles. The minimum absolute atomic E-state index is 0.144. The molecule has 146 valence electrons. The Balaban J connectivity index is 1.63. The van der Waals surface area contributed by atoms with Crippen molar-refractivity contribution in [2.75, 3.05) is 31.1 Å². The molecule has 0 atom stereocenters. The molecule has 0 unspecified atom stereocenters. The molecule has 0 spiro atoms. The summed E-state index contributed by atoms with van der Waals surface area (Å²) in [5.41, 5.74) is 1.76. The standard InChI is InChI=1S/C19H27N5O3/c1-14-12-15(6-7-16(14)24(25)26)23-9-5-8-22(10-11-23)13-17-20-18(27-21-17)19(2,3)4/h6-7,12H,5,8-11,13H2,1-4H3.